The van der Waals surface area contributed by atoms with Gasteiger partial charge >= 0.3 is 5.97 Å². The van der Waals surface area contributed by atoms with Crippen LogP contribution in [0.15, 0.2) is 35.7 Å². The van der Waals surface area contributed by atoms with Crippen molar-refractivity contribution >= 4 is 38.2 Å². The number of hydrogen-bond acceptors (Lipinski definition) is 8. The average Bonchev–Trinajstić information content (AvgIpc) is 3.25. The fraction of sp³-hybridized carbons (Fsp3) is 0.353. The first kappa shape index (κ1) is 19.3. The molecule has 2 aromatic rings. The Labute approximate surface area is 160 Å². The Hall–Kier alpha value is -2.46. The van der Waals surface area contributed by atoms with Gasteiger partial charge in [0.05, 0.1) is 11.5 Å². The van der Waals surface area contributed by atoms with Crippen molar-refractivity contribution < 1.29 is 22.7 Å². The molecule has 8 nitrogen and oxygen atoms in total. The van der Waals surface area contributed by atoms with Crippen LogP contribution in [0, 0.1) is 0 Å². The number of benzene rings is 1. The minimum Gasteiger partial charge on any atom is -0.451 e. The van der Waals surface area contributed by atoms with Crippen LogP contribution in [0.1, 0.15) is 22.5 Å². The van der Waals surface area contributed by atoms with E-state index in [2.05, 4.69) is 15.6 Å². The third kappa shape index (κ3) is 5.76. The first-order chi connectivity index (χ1) is 12.9. The number of aromatic nitrogens is 1. The fourth-order valence-corrected chi connectivity index (χ4v) is 4.96. The van der Waals surface area contributed by atoms with Crippen LogP contribution in [0.3, 0.4) is 0 Å². The van der Waals surface area contributed by atoms with Crippen LogP contribution in [0.2, 0.25) is 0 Å². The Morgan fingerprint density at radius 1 is 1.26 bits per heavy atom. The molecule has 0 spiro atoms. The molecular formula is C17H19N3O5S2. The number of esters is 1. The van der Waals surface area contributed by atoms with Gasteiger partial charge in [0.1, 0.15) is 0 Å². The predicted octanol–water partition coefficient (Wildman–Crippen LogP) is 1.22. The number of anilines is 1. The fourth-order valence-electron chi connectivity index (χ4n) is 2.61. The van der Waals surface area contributed by atoms with Gasteiger partial charge in [0, 0.05) is 18.0 Å². The summed E-state index contributed by atoms with van der Waals surface area (Å²) in [6, 6.07) is 9.34. The summed E-state index contributed by atoms with van der Waals surface area (Å²) in [7, 11) is -3.08. The highest BCUT2D eigenvalue weighted by Crippen LogP contribution is 2.17. The minimum absolute atomic E-state index is 0.0648. The zero-order valence-corrected chi connectivity index (χ0v) is 16.0. The first-order valence-electron chi connectivity index (χ1n) is 8.31. The molecule has 3 rings (SSSR count). The summed E-state index contributed by atoms with van der Waals surface area (Å²) in [5, 5.41) is 7.81. The van der Waals surface area contributed by atoms with E-state index in [0.29, 0.717) is 18.1 Å². The lowest BCUT2D eigenvalue weighted by atomic mass is 10.2. The number of ether oxygens (including phenoxy) is 1. The third-order valence-corrected chi connectivity index (χ3v) is 6.50. The maximum absolute atomic E-state index is 12.0. The molecule has 1 fully saturated rings. The van der Waals surface area contributed by atoms with Crippen molar-refractivity contribution in [2.75, 3.05) is 23.4 Å². The third-order valence-electron chi connectivity index (χ3n) is 3.93. The number of hydrogen-bond donors (Lipinski definition) is 2. The van der Waals surface area contributed by atoms with Crippen molar-refractivity contribution in [3.05, 3.63) is 47.0 Å². The van der Waals surface area contributed by atoms with E-state index in [4.69, 9.17) is 4.74 Å². The van der Waals surface area contributed by atoms with E-state index < -0.39 is 34.4 Å². The molecule has 1 aromatic heterocycles. The van der Waals surface area contributed by atoms with Crippen LogP contribution in [-0.4, -0.2) is 49.4 Å². The molecule has 0 saturated carbocycles. The van der Waals surface area contributed by atoms with Gasteiger partial charge in [-0.2, -0.15) is 0 Å². The van der Waals surface area contributed by atoms with Crippen LogP contribution in [0.5, 0.6) is 0 Å². The number of carbonyl (C=O) groups excluding carboxylic acids is 2. The molecule has 1 atom stereocenters. The zero-order chi connectivity index (χ0) is 19.3. The van der Waals surface area contributed by atoms with Crippen molar-refractivity contribution in [2.45, 2.75) is 19.0 Å². The van der Waals surface area contributed by atoms with E-state index >= 15 is 0 Å². The number of thiazole rings is 1. The molecule has 2 heterocycles. The lowest BCUT2D eigenvalue weighted by Gasteiger charge is -2.10. The van der Waals surface area contributed by atoms with Crippen molar-refractivity contribution in [1.29, 1.82) is 0 Å². The van der Waals surface area contributed by atoms with Crippen molar-refractivity contribution in [3.63, 3.8) is 0 Å². The Morgan fingerprint density at radius 3 is 2.74 bits per heavy atom. The van der Waals surface area contributed by atoms with Crippen LogP contribution in [0.4, 0.5) is 5.13 Å². The average molecular weight is 409 g/mol. The van der Waals surface area contributed by atoms with Gasteiger partial charge in [0.15, 0.2) is 27.3 Å². The summed E-state index contributed by atoms with van der Waals surface area (Å²) in [5.74, 6) is -1.24. The Morgan fingerprint density at radius 2 is 2.04 bits per heavy atom. The monoisotopic (exact) mass is 409 g/mol. The topological polar surface area (TPSA) is 114 Å². The van der Waals surface area contributed by atoms with Gasteiger partial charge in [0.25, 0.3) is 5.91 Å². The Kier molecular flexibility index (Phi) is 6.07. The molecule has 144 valence electrons. The standard InChI is InChI=1S/C17H19N3O5S2/c21-15(19-13-6-7-27(23,24)11-13)9-25-16(22)14-10-26-17(20-14)18-8-12-4-2-1-3-5-12/h1-5,10,13H,6-9,11H2,(H,18,20)(H,19,21)/t13-/m0/s1. The van der Waals surface area contributed by atoms with Gasteiger partial charge in [-0.05, 0) is 12.0 Å². The second-order valence-corrected chi connectivity index (χ2v) is 9.21. The van der Waals surface area contributed by atoms with Crippen molar-refractivity contribution in [1.82, 2.24) is 10.3 Å². The summed E-state index contributed by atoms with van der Waals surface area (Å²) in [4.78, 5) is 27.9. The van der Waals surface area contributed by atoms with E-state index in [1.165, 1.54) is 11.3 Å². The summed E-state index contributed by atoms with van der Waals surface area (Å²) in [5.41, 5.74) is 1.20. The van der Waals surface area contributed by atoms with Crippen molar-refractivity contribution in [2.24, 2.45) is 0 Å². The molecule has 1 aliphatic heterocycles. The smallest absolute Gasteiger partial charge is 0.358 e. The van der Waals surface area contributed by atoms with Gasteiger partial charge < -0.3 is 15.4 Å². The summed E-state index contributed by atoms with van der Waals surface area (Å²) < 4.78 is 27.7. The van der Waals surface area contributed by atoms with E-state index in [1.807, 2.05) is 30.3 Å². The molecule has 10 heteroatoms. The number of nitrogens with zero attached hydrogens (tertiary/aromatic N) is 1. The van der Waals surface area contributed by atoms with Gasteiger partial charge in [0.2, 0.25) is 0 Å². The molecule has 1 aliphatic rings. The maximum Gasteiger partial charge on any atom is 0.358 e. The second kappa shape index (κ2) is 8.49. The lowest BCUT2D eigenvalue weighted by Crippen LogP contribution is -2.38. The second-order valence-electron chi connectivity index (χ2n) is 6.12. The van der Waals surface area contributed by atoms with Gasteiger partial charge in [-0.1, -0.05) is 30.3 Å². The molecule has 27 heavy (non-hydrogen) atoms. The van der Waals surface area contributed by atoms with E-state index in [9.17, 15) is 18.0 Å². The molecule has 1 saturated heterocycles. The maximum atomic E-state index is 12.0. The Balaban J connectivity index is 1.43. The summed E-state index contributed by atoms with van der Waals surface area (Å²) in [6.07, 6.45) is 0.380. The molecule has 0 radical (unpaired) electrons. The highest BCUT2D eigenvalue weighted by atomic mass is 32.2. The largest absolute Gasteiger partial charge is 0.451 e. The minimum atomic E-state index is -3.08. The van der Waals surface area contributed by atoms with Crippen LogP contribution in [-0.2, 0) is 25.9 Å². The SMILES string of the molecule is O=C(COC(=O)c1csc(NCc2ccccc2)n1)N[C@H]1CCS(=O)(=O)C1. The van der Waals surface area contributed by atoms with Gasteiger partial charge in [-0.3, -0.25) is 4.79 Å². The Bertz CT molecular complexity index is 912. The summed E-state index contributed by atoms with van der Waals surface area (Å²) in [6.45, 7) is 0.106. The van der Waals surface area contributed by atoms with E-state index in [0.717, 1.165) is 5.56 Å². The quantitative estimate of drug-likeness (QED) is 0.661. The van der Waals surface area contributed by atoms with Crippen LogP contribution < -0.4 is 10.6 Å². The molecule has 1 aromatic carbocycles. The first-order valence-corrected chi connectivity index (χ1v) is 11.0. The van der Waals surface area contributed by atoms with E-state index in [1.54, 1.807) is 5.38 Å². The van der Waals surface area contributed by atoms with Crippen LogP contribution in [0.25, 0.3) is 0 Å². The predicted molar refractivity (Wildman–Crippen MR) is 101 cm³/mol. The number of amides is 1. The molecule has 0 unspecified atom stereocenters. The van der Waals surface area contributed by atoms with E-state index in [-0.39, 0.29) is 17.2 Å². The highest BCUT2D eigenvalue weighted by Gasteiger charge is 2.29. The molecule has 2 N–H and O–H groups in total. The zero-order valence-electron chi connectivity index (χ0n) is 14.4. The molecule has 1 amide bonds. The normalized spacial score (nSPS) is 18.0. The highest BCUT2D eigenvalue weighted by molar-refractivity contribution is 7.91. The molecular weight excluding hydrogens is 390 g/mol. The number of sulfone groups is 1. The molecule has 0 aliphatic carbocycles. The van der Waals surface area contributed by atoms with Gasteiger partial charge in [-0.15, -0.1) is 11.3 Å². The number of rotatable bonds is 7. The number of carbonyl (C=O) groups is 2. The van der Waals surface area contributed by atoms with Crippen LogP contribution >= 0.6 is 11.3 Å². The molecule has 0 bridgehead atoms. The van der Waals surface area contributed by atoms with Crippen molar-refractivity contribution in [3.8, 4) is 0 Å². The lowest BCUT2D eigenvalue weighted by molar-refractivity contribution is -0.124. The summed E-state index contributed by atoms with van der Waals surface area (Å²) >= 11 is 1.27. The number of nitrogens with one attached hydrogen (secondary N) is 2. The van der Waals surface area contributed by atoms with Gasteiger partial charge in [-0.25, -0.2) is 18.2 Å².